The van der Waals surface area contributed by atoms with E-state index >= 15 is 0 Å². The predicted molar refractivity (Wildman–Crippen MR) is 145 cm³/mol. The van der Waals surface area contributed by atoms with Gasteiger partial charge in [0.15, 0.2) is 5.82 Å². The van der Waals surface area contributed by atoms with Crippen LogP contribution in [0, 0.1) is 13.8 Å². The van der Waals surface area contributed by atoms with Gasteiger partial charge in [0, 0.05) is 24.3 Å². The number of benzene rings is 1. The average Bonchev–Trinajstić information content (AvgIpc) is 3.68. The molecular formula is C27H33N7O6. The molecule has 4 rings (SSSR count). The zero-order valence-electron chi connectivity index (χ0n) is 22.9. The molecule has 0 unspecified atom stereocenters. The number of carbonyl (C=O) groups excluding carboxylic acids is 4. The molecule has 1 aliphatic rings. The van der Waals surface area contributed by atoms with Crippen molar-refractivity contribution in [3.63, 3.8) is 0 Å². The fraction of sp³-hybridized carbons (Fsp3) is 0.407. The minimum atomic E-state index is -0.932. The van der Waals surface area contributed by atoms with Crippen molar-refractivity contribution in [2.24, 2.45) is 5.73 Å². The molecule has 13 nitrogen and oxygen atoms in total. The third-order valence-corrected chi connectivity index (χ3v) is 6.36. The van der Waals surface area contributed by atoms with E-state index in [9.17, 15) is 19.2 Å². The highest BCUT2D eigenvalue weighted by Gasteiger charge is 2.30. The van der Waals surface area contributed by atoms with Crippen LogP contribution in [0.15, 0.2) is 30.7 Å². The third-order valence-electron chi connectivity index (χ3n) is 6.36. The van der Waals surface area contributed by atoms with E-state index < -0.39 is 24.9 Å². The Morgan fingerprint density at radius 1 is 1.18 bits per heavy atom. The molecule has 0 aliphatic heterocycles. The van der Waals surface area contributed by atoms with Crippen LogP contribution in [0.4, 0.5) is 16.3 Å². The maximum Gasteiger partial charge on any atom is 0.423 e. The van der Waals surface area contributed by atoms with E-state index in [2.05, 4.69) is 20.7 Å². The quantitative estimate of drug-likeness (QED) is 0.253. The van der Waals surface area contributed by atoms with Crippen molar-refractivity contribution < 1.29 is 28.7 Å². The number of nitrogens with one attached hydrogen (secondary N) is 2. The lowest BCUT2D eigenvalue weighted by Gasteiger charge is -2.24. The van der Waals surface area contributed by atoms with Crippen LogP contribution in [0.25, 0.3) is 5.52 Å². The van der Waals surface area contributed by atoms with Crippen molar-refractivity contribution in [2.75, 3.05) is 18.2 Å². The normalized spacial score (nSPS) is 13.4. The first-order valence-corrected chi connectivity index (χ1v) is 13.0. The molecule has 4 N–H and O–H groups in total. The van der Waals surface area contributed by atoms with Gasteiger partial charge in [0.2, 0.25) is 6.79 Å². The summed E-state index contributed by atoms with van der Waals surface area (Å²) in [4.78, 5) is 56.6. The fourth-order valence-corrected chi connectivity index (χ4v) is 3.99. The Kier molecular flexibility index (Phi) is 8.63. The van der Waals surface area contributed by atoms with Crippen molar-refractivity contribution in [3.8, 4) is 0 Å². The number of amides is 3. The molecule has 2 aromatic heterocycles. The van der Waals surface area contributed by atoms with E-state index in [-0.39, 0.29) is 23.7 Å². The molecule has 13 heteroatoms. The first kappa shape index (κ1) is 28.5. The van der Waals surface area contributed by atoms with Crippen LogP contribution in [-0.2, 0) is 14.3 Å². The Balaban J connectivity index is 1.79. The molecule has 3 aromatic rings. The van der Waals surface area contributed by atoms with Crippen molar-refractivity contribution in [2.45, 2.75) is 59.0 Å². The van der Waals surface area contributed by atoms with Gasteiger partial charge in [-0.25, -0.2) is 19.2 Å². The summed E-state index contributed by atoms with van der Waals surface area (Å²) >= 11 is 0. The number of carbonyl (C=O) groups is 4. The minimum absolute atomic E-state index is 0.105. The summed E-state index contributed by atoms with van der Waals surface area (Å²) in [5.74, 6) is -1.20. The van der Waals surface area contributed by atoms with Crippen LogP contribution >= 0.6 is 0 Å². The smallest absolute Gasteiger partial charge is 0.423 e. The minimum Gasteiger partial charge on any atom is -0.427 e. The van der Waals surface area contributed by atoms with E-state index in [0.717, 1.165) is 19.3 Å². The molecule has 0 spiro atoms. The van der Waals surface area contributed by atoms with Crippen LogP contribution in [0.5, 0.6) is 0 Å². The second-order valence-electron chi connectivity index (χ2n) is 9.67. The molecule has 3 amide bonds. The predicted octanol–water partition coefficient (Wildman–Crippen LogP) is 2.50. The Morgan fingerprint density at radius 2 is 1.93 bits per heavy atom. The lowest BCUT2D eigenvalue weighted by molar-refractivity contribution is -0.152. The average molecular weight is 552 g/mol. The lowest BCUT2D eigenvalue weighted by atomic mass is 10.1. The van der Waals surface area contributed by atoms with E-state index in [1.165, 1.54) is 22.7 Å². The number of aromatic nitrogens is 3. The summed E-state index contributed by atoms with van der Waals surface area (Å²) in [6, 6.07) is 4.17. The SMILES string of the molecule is CCCNC(=O)c1cn2ncnc(N(C(=O)OCOC(=O)[C@H](C)N)c3cc(C(=O)NC4CC4)ccc3C)c2c1C. The van der Waals surface area contributed by atoms with Gasteiger partial charge in [-0.1, -0.05) is 13.0 Å². The van der Waals surface area contributed by atoms with Crippen molar-refractivity contribution >= 4 is 40.9 Å². The number of hydrogen-bond acceptors (Lipinski definition) is 9. The van der Waals surface area contributed by atoms with Crippen molar-refractivity contribution in [1.82, 2.24) is 25.2 Å². The Morgan fingerprint density at radius 3 is 2.60 bits per heavy atom. The summed E-state index contributed by atoms with van der Waals surface area (Å²) in [5, 5.41) is 10.0. The number of nitrogens with two attached hydrogens (primary N) is 1. The Hall–Kier alpha value is -4.52. The molecule has 1 atom stereocenters. The topological polar surface area (TPSA) is 170 Å². The zero-order valence-corrected chi connectivity index (χ0v) is 22.9. The molecule has 0 saturated heterocycles. The van der Waals surface area contributed by atoms with Gasteiger partial charge in [-0.3, -0.25) is 14.4 Å². The zero-order chi connectivity index (χ0) is 29.0. The van der Waals surface area contributed by atoms with E-state index in [0.29, 0.717) is 40.0 Å². The second-order valence-corrected chi connectivity index (χ2v) is 9.67. The highest BCUT2D eigenvalue weighted by molar-refractivity contribution is 6.05. The number of esters is 1. The number of rotatable bonds is 10. The molecular weight excluding hydrogens is 518 g/mol. The monoisotopic (exact) mass is 551 g/mol. The molecule has 212 valence electrons. The first-order valence-electron chi connectivity index (χ1n) is 13.0. The lowest BCUT2D eigenvalue weighted by Crippen LogP contribution is -2.33. The highest BCUT2D eigenvalue weighted by atomic mass is 16.7. The van der Waals surface area contributed by atoms with Crippen molar-refractivity contribution in [1.29, 1.82) is 0 Å². The molecule has 1 saturated carbocycles. The maximum atomic E-state index is 13.6. The number of anilines is 2. The molecule has 1 fully saturated rings. The molecule has 1 aliphatic carbocycles. The fourth-order valence-electron chi connectivity index (χ4n) is 3.99. The largest absolute Gasteiger partial charge is 0.427 e. The van der Waals surface area contributed by atoms with E-state index in [1.54, 1.807) is 38.2 Å². The highest BCUT2D eigenvalue weighted by Crippen LogP contribution is 2.34. The van der Waals surface area contributed by atoms with Crippen LogP contribution in [0.3, 0.4) is 0 Å². The van der Waals surface area contributed by atoms with Gasteiger partial charge in [0.05, 0.1) is 11.3 Å². The molecule has 40 heavy (non-hydrogen) atoms. The van der Waals surface area contributed by atoms with Crippen LogP contribution in [-0.4, -0.2) is 63.9 Å². The number of ether oxygens (including phenoxy) is 2. The standard InChI is InChI=1S/C27H33N7O6/c1-5-10-29-25(36)20-12-33-22(16(20)3)23(30-13-31-33)34(27(38)40-14-39-26(37)17(4)28)21-11-18(7-6-15(21)2)24(35)32-19-8-9-19/h6-7,11-13,17,19H,5,8-10,14,28H2,1-4H3,(H,29,36)(H,32,35)/t17-/m0/s1. The number of nitrogens with zero attached hydrogens (tertiary/aromatic N) is 4. The second kappa shape index (κ2) is 12.1. The Labute approximate surface area is 231 Å². The summed E-state index contributed by atoms with van der Waals surface area (Å²) in [6.45, 7) is 6.69. The van der Waals surface area contributed by atoms with Crippen LogP contribution in [0.1, 0.15) is 65.0 Å². The van der Waals surface area contributed by atoms with Gasteiger partial charge >= 0.3 is 12.1 Å². The molecule has 1 aromatic carbocycles. The van der Waals surface area contributed by atoms with Crippen LogP contribution in [0.2, 0.25) is 0 Å². The van der Waals surface area contributed by atoms with E-state index in [1.807, 2.05) is 6.92 Å². The van der Waals surface area contributed by atoms with Gasteiger partial charge in [0.1, 0.15) is 17.9 Å². The van der Waals surface area contributed by atoms with Gasteiger partial charge in [0.25, 0.3) is 11.8 Å². The van der Waals surface area contributed by atoms with Gasteiger partial charge in [-0.15, -0.1) is 0 Å². The van der Waals surface area contributed by atoms with Gasteiger partial charge in [-0.2, -0.15) is 5.10 Å². The Bertz CT molecular complexity index is 1450. The summed E-state index contributed by atoms with van der Waals surface area (Å²) in [5.41, 5.74) is 8.07. The first-order chi connectivity index (χ1) is 19.1. The maximum absolute atomic E-state index is 13.6. The number of hydrogen-bond donors (Lipinski definition) is 3. The molecule has 0 radical (unpaired) electrons. The summed E-state index contributed by atoms with van der Waals surface area (Å²) in [7, 11) is 0. The van der Waals surface area contributed by atoms with Gasteiger partial charge in [-0.05, 0) is 63.3 Å². The number of aryl methyl sites for hydroxylation is 2. The molecule has 2 heterocycles. The third kappa shape index (κ3) is 6.20. The number of fused-ring (bicyclic) bond motifs is 1. The molecule has 0 bridgehead atoms. The van der Waals surface area contributed by atoms with Crippen LogP contribution < -0.4 is 21.3 Å². The van der Waals surface area contributed by atoms with Gasteiger partial charge < -0.3 is 25.8 Å². The summed E-state index contributed by atoms with van der Waals surface area (Å²) in [6.07, 6.45) is 4.47. The summed E-state index contributed by atoms with van der Waals surface area (Å²) < 4.78 is 11.7. The van der Waals surface area contributed by atoms with Crippen molar-refractivity contribution in [3.05, 3.63) is 53.0 Å². The van der Waals surface area contributed by atoms with E-state index in [4.69, 9.17) is 15.2 Å².